The Hall–Kier alpha value is -0.870. The van der Waals surface area contributed by atoms with Gasteiger partial charge in [0, 0.05) is 12.1 Å². The molecule has 4 nitrogen and oxygen atoms in total. The molecule has 0 fully saturated rings. The smallest absolute Gasteiger partial charge is 0.249 e. The number of carbonyl (C=O) groups is 1. The summed E-state index contributed by atoms with van der Waals surface area (Å²) in [5.74, 6) is -0.130. The fourth-order valence-corrected chi connectivity index (χ4v) is 1.14. The van der Waals surface area contributed by atoms with Crippen LogP contribution in [0.1, 0.15) is 33.6 Å². The fraction of sp³-hybridized carbons (Fsp3) is 0.750. The number of nitrogens with one attached hydrogen (secondary N) is 1. The van der Waals surface area contributed by atoms with E-state index in [4.69, 9.17) is 10.5 Å². The maximum absolute atomic E-state index is 11.5. The molecule has 0 saturated heterocycles. The van der Waals surface area contributed by atoms with Crippen molar-refractivity contribution in [1.82, 2.24) is 5.32 Å². The van der Waals surface area contributed by atoms with Gasteiger partial charge in [-0.05, 0) is 19.8 Å². The van der Waals surface area contributed by atoms with Crippen molar-refractivity contribution in [2.24, 2.45) is 5.73 Å². The summed E-state index contributed by atoms with van der Waals surface area (Å²) in [5, 5.41) is 2.68. The van der Waals surface area contributed by atoms with Crippen LogP contribution in [0.3, 0.4) is 0 Å². The van der Waals surface area contributed by atoms with Gasteiger partial charge >= 0.3 is 0 Å². The monoisotopic (exact) mass is 228 g/mol. The molecule has 0 radical (unpaired) electrons. The fourth-order valence-electron chi connectivity index (χ4n) is 1.14. The van der Waals surface area contributed by atoms with Crippen LogP contribution < -0.4 is 11.1 Å². The minimum Gasteiger partial charge on any atom is -0.367 e. The highest BCUT2D eigenvalue weighted by Gasteiger charge is 2.23. The summed E-state index contributed by atoms with van der Waals surface area (Å²) in [6.07, 6.45) is 2.84. The molecule has 4 heteroatoms. The van der Waals surface area contributed by atoms with Gasteiger partial charge in [0.05, 0.1) is 6.61 Å². The summed E-state index contributed by atoms with van der Waals surface area (Å²) in [5.41, 5.74) is 5.75. The van der Waals surface area contributed by atoms with Crippen molar-refractivity contribution in [3.8, 4) is 0 Å². The molecule has 3 N–H and O–H groups in total. The van der Waals surface area contributed by atoms with Gasteiger partial charge in [-0.3, -0.25) is 4.79 Å². The van der Waals surface area contributed by atoms with Gasteiger partial charge in [0.15, 0.2) is 0 Å². The first-order valence-corrected chi connectivity index (χ1v) is 5.78. The Morgan fingerprint density at radius 3 is 2.56 bits per heavy atom. The number of ether oxygens (including phenoxy) is 1. The van der Waals surface area contributed by atoms with Crippen molar-refractivity contribution in [3.63, 3.8) is 0 Å². The number of rotatable bonds is 8. The predicted molar refractivity (Wildman–Crippen MR) is 66.1 cm³/mol. The van der Waals surface area contributed by atoms with E-state index in [1.54, 1.807) is 13.0 Å². The second-order valence-electron chi connectivity index (χ2n) is 4.06. The lowest BCUT2D eigenvalue weighted by Crippen LogP contribution is -2.46. The number of hydrogen-bond acceptors (Lipinski definition) is 3. The quantitative estimate of drug-likeness (QED) is 0.614. The van der Waals surface area contributed by atoms with E-state index in [-0.39, 0.29) is 11.4 Å². The second kappa shape index (κ2) is 7.41. The SMILES string of the molecule is C=CCNC(=O)C(C)OCC(N)(CC)CC. The van der Waals surface area contributed by atoms with E-state index in [2.05, 4.69) is 11.9 Å². The van der Waals surface area contributed by atoms with Crippen molar-refractivity contribution < 1.29 is 9.53 Å². The zero-order valence-electron chi connectivity index (χ0n) is 10.6. The molecule has 1 amide bonds. The van der Waals surface area contributed by atoms with Crippen LogP contribution in [0.2, 0.25) is 0 Å². The zero-order chi connectivity index (χ0) is 12.6. The topological polar surface area (TPSA) is 64.3 Å². The first-order chi connectivity index (χ1) is 7.49. The first kappa shape index (κ1) is 15.1. The molecule has 0 spiro atoms. The molecule has 0 aliphatic rings. The molecule has 0 aliphatic carbocycles. The molecule has 0 aromatic heterocycles. The summed E-state index contributed by atoms with van der Waals surface area (Å²) in [7, 11) is 0. The standard InChI is InChI=1S/C12H24N2O2/c1-5-8-14-11(15)10(4)16-9-12(13,6-2)7-3/h5,10H,1,6-9,13H2,2-4H3,(H,14,15). The molecule has 94 valence electrons. The lowest BCUT2D eigenvalue weighted by Gasteiger charge is -2.27. The van der Waals surface area contributed by atoms with E-state index in [1.165, 1.54) is 0 Å². The van der Waals surface area contributed by atoms with Crippen molar-refractivity contribution in [2.45, 2.75) is 45.3 Å². The van der Waals surface area contributed by atoms with Crippen LogP contribution in [0.5, 0.6) is 0 Å². The van der Waals surface area contributed by atoms with Crippen molar-refractivity contribution in [1.29, 1.82) is 0 Å². The molecular weight excluding hydrogens is 204 g/mol. The van der Waals surface area contributed by atoms with E-state index < -0.39 is 6.10 Å². The van der Waals surface area contributed by atoms with Crippen molar-refractivity contribution >= 4 is 5.91 Å². The third-order valence-electron chi connectivity index (χ3n) is 2.82. The van der Waals surface area contributed by atoms with Crippen LogP contribution in [0.15, 0.2) is 12.7 Å². The maximum Gasteiger partial charge on any atom is 0.249 e. The largest absolute Gasteiger partial charge is 0.367 e. The van der Waals surface area contributed by atoms with Gasteiger partial charge in [-0.2, -0.15) is 0 Å². The Morgan fingerprint density at radius 2 is 2.12 bits per heavy atom. The number of amides is 1. The summed E-state index contributed by atoms with van der Waals surface area (Å²) in [6, 6.07) is 0. The minimum atomic E-state index is -0.471. The van der Waals surface area contributed by atoms with Crippen LogP contribution in [-0.4, -0.2) is 30.7 Å². The number of hydrogen-bond donors (Lipinski definition) is 2. The first-order valence-electron chi connectivity index (χ1n) is 5.78. The van der Waals surface area contributed by atoms with Crippen molar-refractivity contribution in [3.05, 3.63) is 12.7 Å². The van der Waals surface area contributed by atoms with E-state index in [1.807, 2.05) is 13.8 Å². The molecule has 16 heavy (non-hydrogen) atoms. The Bertz CT molecular complexity index is 225. The van der Waals surface area contributed by atoms with Gasteiger partial charge in [-0.25, -0.2) is 0 Å². The molecule has 0 bridgehead atoms. The average molecular weight is 228 g/mol. The Morgan fingerprint density at radius 1 is 1.56 bits per heavy atom. The zero-order valence-corrected chi connectivity index (χ0v) is 10.6. The predicted octanol–water partition coefficient (Wildman–Crippen LogP) is 1.21. The van der Waals surface area contributed by atoms with E-state index in [0.717, 1.165) is 12.8 Å². The van der Waals surface area contributed by atoms with Gasteiger partial charge in [-0.15, -0.1) is 6.58 Å². The highest BCUT2D eigenvalue weighted by molar-refractivity contribution is 5.80. The highest BCUT2D eigenvalue weighted by Crippen LogP contribution is 2.12. The highest BCUT2D eigenvalue weighted by atomic mass is 16.5. The van der Waals surface area contributed by atoms with Gasteiger partial charge in [0.2, 0.25) is 5.91 Å². The summed E-state index contributed by atoms with van der Waals surface area (Å²) < 4.78 is 5.48. The van der Waals surface area contributed by atoms with Gasteiger partial charge < -0.3 is 15.8 Å². The Labute approximate surface area is 98.2 Å². The van der Waals surface area contributed by atoms with Crippen LogP contribution in [-0.2, 0) is 9.53 Å². The third-order valence-corrected chi connectivity index (χ3v) is 2.82. The molecule has 0 aromatic carbocycles. The maximum atomic E-state index is 11.5. The Balaban J connectivity index is 4.00. The van der Waals surface area contributed by atoms with Crippen molar-refractivity contribution in [2.75, 3.05) is 13.2 Å². The van der Waals surface area contributed by atoms with Gasteiger partial charge in [-0.1, -0.05) is 19.9 Å². The van der Waals surface area contributed by atoms with Crippen LogP contribution in [0.4, 0.5) is 0 Å². The summed E-state index contributed by atoms with van der Waals surface area (Å²) in [4.78, 5) is 11.5. The normalized spacial score (nSPS) is 13.2. The molecule has 0 saturated carbocycles. The van der Waals surface area contributed by atoms with E-state index in [9.17, 15) is 4.79 Å². The second-order valence-corrected chi connectivity index (χ2v) is 4.06. The lowest BCUT2D eigenvalue weighted by molar-refractivity contribution is -0.132. The van der Waals surface area contributed by atoms with E-state index >= 15 is 0 Å². The molecule has 1 unspecified atom stereocenters. The third kappa shape index (κ3) is 5.28. The molecule has 1 atom stereocenters. The van der Waals surface area contributed by atoms with Gasteiger partial charge in [0.1, 0.15) is 6.10 Å². The molecular formula is C12H24N2O2. The Kier molecular flexibility index (Phi) is 7.01. The number of carbonyl (C=O) groups excluding carboxylic acids is 1. The van der Waals surface area contributed by atoms with Crippen LogP contribution >= 0.6 is 0 Å². The molecule has 0 heterocycles. The lowest BCUT2D eigenvalue weighted by atomic mass is 9.95. The summed E-state index contributed by atoms with van der Waals surface area (Å²) in [6.45, 7) is 10.2. The number of nitrogens with two attached hydrogens (primary N) is 1. The molecule has 0 rings (SSSR count). The minimum absolute atomic E-state index is 0.130. The van der Waals surface area contributed by atoms with Gasteiger partial charge in [0.25, 0.3) is 0 Å². The van der Waals surface area contributed by atoms with Crippen LogP contribution in [0, 0.1) is 0 Å². The summed E-state index contributed by atoms with van der Waals surface area (Å²) >= 11 is 0. The van der Waals surface area contributed by atoms with Crippen LogP contribution in [0.25, 0.3) is 0 Å². The molecule has 0 aromatic rings. The average Bonchev–Trinajstić information content (AvgIpc) is 2.32. The van der Waals surface area contributed by atoms with E-state index in [0.29, 0.717) is 13.2 Å². The molecule has 0 aliphatic heterocycles.